The highest BCUT2D eigenvalue weighted by molar-refractivity contribution is 5.79. The zero-order chi connectivity index (χ0) is 16.0. The van der Waals surface area contributed by atoms with Gasteiger partial charge in [-0.2, -0.15) is 0 Å². The molecule has 0 aliphatic heterocycles. The first-order chi connectivity index (χ1) is 10.8. The molecular formula is C16H27N3O3. The van der Waals surface area contributed by atoms with Crippen LogP contribution in [0.4, 0.5) is 0 Å². The van der Waals surface area contributed by atoms with Gasteiger partial charge in [0.2, 0.25) is 0 Å². The SMILES string of the molecule is CCOc1ccccc1CNC(=NC)NCCOCCOC. The van der Waals surface area contributed by atoms with Crippen molar-refractivity contribution in [2.24, 2.45) is 4.99 Å². The van der Waals surface area contributed by atoms with Crippen molar-refractivity contribution >= 4 is 5.96 Å². The molecule has 1 rings (SSSR count). The smallest absolute Gasteiger partial charge is 0.191 e. The number of nitrogens with one attached hydrogen (secondary N) is 2. The molecule has 6 nitrogen and oxygen atoms in total. The highest BCUT2D eigenvalue weighted by Crippen LogP contribution is 2.17. The Balaban J connectivity index is 2.32. The summed E-state index contributed by atoms with van der Waals surface area (Å²) in [7, 11) is 3.41. The van der Waals surface area contributed by atoms with Crippen LogP contribution in [0.3, 0.4) is 0 Å². The van der Waals surface area contributed by atoms with Crippen LogP contribution in [0.25, 0.3) is 0 Å². The van der Waals surface area contributed by atoms with Gasteiger partial charge in [-0.1, -0.05) is 18.2 Å². The molecule has 0 saturated heterocycles. The van der Waals surface area contributed by atoms with Crippen molar-refractivity contribution in [3.05, 3.63) is 29.8 Å². The Hall–Kier alpha value is -1.79. The van der Waals surface area contributed by atoms with E-state index in [1.165, 1.54) is 0 Å². The summed E-state index contributed by atoms with van der Waals surface area (Å²) < 4.78 is 15.9. The van der Waals surface area contributed by atoms with Crippen molar-refractivity contribution in [1.82, 2.24) is 10.6 Å². The zero-order valence-electron chi connectivity index (χ0n) is 13.7. The van der Waals surface area contributed by atoms with Gasteiger partial charge in [-0.05, 0) is 13.0 Å². The van der Waals surface area contributed by atoms with Crippen molar-refractivity contribution in [2.75, 3.05) is 47.1 Å². The Morgan fingerprint density at radius 3 is 2.68 bits per heavy atom. The normalized spacial score (nSPS) is 11.3. The Morgan fingerprint density at radius 2 is 1.95 bits per heavy atom. The van der Waals surface area contributed by atoms with Gasteiger partial charge in [-0.25, -0.2) is 0 Å². The van der Waals surface area contributed by atoms with Crippen molar-refractivity contribution in [1.29, 1.82) is 0 Å². The third-order valence-electron chi connectivity index (χ3n) is 2.91. The molecule has 0 spiro atoms. The van der Waals surface area contributed by atoms with Crippen LogP contribution in [0.5, 0.6) is 5.75 Å². The highest BCUT2D eigenvalue weighted by atomic mass is 16.5. The maximum Gasteiger partial charge on any atom is 0.191 e. The van der Waals surface area contributed by atoms with Crippen LogP contribution >= 0.6 is 0 Å². The molecule has 0 saturated carbocycles. The lowest BCUT2D eigenvalue weighted by Gasteiger charge is -2.14. The monoisotopic (exact) mass is 309 g/mol. The maximum absolute atomic E-state index is 5.61. The summed E-state index contributed by atoms with van der Waals surface area (Å²) in [6.07, 6.45) is 0. The van der Waals surface area contributed by atoms with E-state index in [0.29, 0.717) is 39.5 Å². The second-order valence-corrected chi connectivity index (χ2v) is 4.50. The summed E-state index contributed by atoms with van der Waals surface area (Å²) >= 11 is 0. The summed E-state index contributed by atoms with van der Waals surface area (Å²) in [5.41, 5.74) is 1.10. The number of guanidine groups is 1. The topological polar surface area (TPSA) is 64.1 Å². The minimum Gasteiger partial charge on any atom is -0.494 e. The van der Waals surface area contributed by atoms with Crippen molar-refractivity contribution in [2.45, 2.75) is 13.5 Å². The van der Waals surface area contributed by atoms with Crippen LogP contribution in [-0.2, 0) is 16.0 Å². The molecule has 22 heavy (non-hydrogen) atoms. The predicted octanol–water partition coefficient (Wildman–Crippen LogP) is 1.41. The molecular weight excluding hydrogens is 282 g/mol. The van der Waals surface area contributed by atoms with Crippen LogP contribution in [0.15, 0.2) is 29.3 Å². The molecule has 0 atom stereocenters. The summed E-state index contributed by atoms with van der Waals surface area (Å²) in [4.78, 5) is 4.19. The van der Waals surface area contributed by atoms with Crippen LogP contribution in [-0.4, -0.2) is 53.1 Å². The Labute approximate surface area is 132 Å². The van der Waals surface area contributed by atoms with Crippen LogP contribution in [0.2, 0.25) is 0 Å². The van der Waals surface area contributed by atoms with E-state index in [9.17, 15) is 0 Å². The van der Waals surface area contributed by atoms with Gasteiger partial charge < -0.3 is 24.8 Å². The first-order valence-corrected chi connectivity index (χ1v) is 7.53. The van der Waals surface area contributed by atoms with Gasteiger partial charge >= 0.3 is 0 Å². The quantitative estimate of drug-likeness (QED) is 0.389. The fourth-order valence-corrected chi connectivity index (χ4v) is 1.83. The second kappa shape index (κ2) is 11.8. The fourth-order valence-electron chi connectivity index (χ4n) is 1.83. The van der Waals surface area contributed by atoms with E-state index in [1.54, 1.807) is 14.2 Å². The molecule has 0 aliphatic carbocycles. The molecule has 6 heteroatoms. The lowest BCUT2D eigenvalue weighted by Crippen LogP contribution is -2.38. The third-order valence-corrected chi connectivity index (χ3v) is 2.91. The average molecular weight is 309 g/mol. The molecule has 2 N–H and O–H groups in total. The predicted molar refractivity (Wildman–Crippen MR) is 88.5 cm³/mol. The molecule has 0 aromatic heterocycles. The number of nitrogens with zero attached hydrogens (tertiary/aromatic N) is 1. The first-order valence-electron chi connectivity index (χ1n) is 7.53. The van der Waals surface area contributed by atoms with Gasteiger partial charge in [-0.3, -0.25) is 4.99 Å². The average Bonchev–Trinajstić information content (AvgIpc) is 2.55. The summed E-state index contributed by atoms with van der Waals surface area (Å²) in [5, 5.41) is 6.47. The number of ether oxygens (including phenoxy) is 3. The Bertz CT molecular complexity index is 438. The van der Waals surface area contributed by atoms with Crippen LogP contribution in [0, 0.1) is 0 Å². The van der Waals surface area contributed by atoms with Gasteiger partial charge in [0.05, 0.1) is 26.4 Å². The lowest BCUT2D eigenvalue weighted by atomic mass is 10.2. The largest absolute Gasteiger partial charge is 0.494 e. The van der Waals surface area contributed by atoms with E-state index in [2.05, 4.69) is 15.6 Å². The van der Waals surface area contributed by atoms with Crippen molar-refractivity contribution < 1.29 is 14.2 Å². The first kappa shape index (κ1) is 18.3. The van der Waals surface area contributed by atoms with E-state index in [4.69, 9.17) is 14.2 Å². The summed E-state index contributed by atoms with van der Waals surface area (Å²) in [6.45, 7) is 5.81. The van der Waals surface area contributed by atoms with E-state index < -0.39 is 0 Å². The number of rotatable bonds is 10. The third kappa shape index (κ3) is 7.28. The van der Waals surface area contributed by atoms with E-state index in [1.807, 2.05) is 31.2 Å². The van der Waals surface area contributed by atoms with Crippen molar-refractivity contribution in [3.8, 4) is 5.75 Å². The van der Waals surface area contributed by atoms with Crippen LogP contribution < -0.4 is 15.4 Å². The number of methoxy groups -OCH3 is 1. The molecule has 0 bridgehead atoms. The number of para-hydroxylation sites is 1. The minimum absolute atomic E-state index is 0.603. The Morgan fingerprint density at radius 1 is 1.14 bits per heavy atom. The maximum atomic E-state index is 5.61. The molecule has 1 aromatic rings. The molecule has 0 radical (unpaired) electrons. The Kier molecular flexibility index (Phi) is 9.81. The summed E-state index contributed by atoms with van der Waals surface area (Å²) in [6, 6.07) is 7.98. The highest BCUT2D eigenvalue weighted by Gasteiger charge is 2.03. The summed E-state index contributed by atoms with van der Waals surface area (Å²) in [5.74, 6) is 1.64. The second-order valence-electron chi connectivity index (χ2n) is 4.50. The molecule has 124 valence electrons. The van der Waals surface area contributed by atoms with E-state index >= 15 is 0 Å². The van der Waals surface area contributed by atoms with Crippen molar-refractivity contribution in [3.63, 3.8) is 0 Å². The molecule has 0 amide bonds. The van der Waals surface area contributed by atoms with E-state index in [0.717, 1.165) is 17.3 Å². The van der Waals surface area contributed by atoms with Crippen LogP contribution in [0.1, 0.15) is 12.5 Å². The molecule has 0 heterocycles. The number of aliphatic imine (C=N–C) groups is 1. The minimum atomic E-state index is 0.603. The number of hydrogen-bond donors (Lipinski definition) is 2. The van der Waals surface area contributed by atoms with Gasteiger partial charge in [-0.15, -0.1) is 0 Å². The van der Waals surface area contributed by atoms with Gasteiger partial charge in [0.25, 0.3) is 0 Å². The van der Waals surface area contributed by atoms with Gasteiger partial charge in [0, 0.05) is 32.8 Å². The number of benzene rings is 1. The molecule has 0 fully saturated rings. The molecule has 1 aromatic carbocycles. The fraction of sp³-hybridized carbons (Fsp3) is 0.562. The molecule has 0 aliphatic rings. The van der Waals surface area contributed by atoms with Gasteiger partial charge in [0.1, 0.15) is 5.75 Å². The number of hydrogen-bond acceptors (Lipinski definition) is 4. The zero-order valence-corrected chi connectivity index (χ0v) is 13.7. The lowest BCUT2D eigenvalue weighted by molar-refractivity contribution is 0.0733. The molecule has 0 unspecified atom stereocenters. The van der Waals surface area contributed by atoms with Gasteiger partial charge in [0.15, 0.2) is 5.96 Å². The van der Waals surface area contributed by atoms with E-state index in [-0.39, 0.29) is 0 Å². The standard InChI is InChI=1S/C16H27N3O3/c1-4-22-15-8-6-5-7-14(15)13-19-16(17-2)18-9-10-21-12-11-20-3/h5-8H,4,9-13H2,1-3H3,(H2,17,18,19).